The molecule has 0 aliphatic carbocycles. The van der Waals surface area contributed by atoms with Gasteiger partial charge in [-0.05, 0) is 43.2 Å². The van der Waals surface area contributed by atoms with E-state index in [9.17, 15) is 9.18 Å². The molecular weight excluding hydrogens is 437 g/mol. The van der Waals surface area contributed by atoms with Gasteiger partial charge in [0.05, 0.1) is 23.7 Å². The minimum Gasteiger partial charge on any atom is -0.349 e. The average Bonchev–Trinajstić information content (AvgIpc) is 3.23. The van der Waals surface area contributed by atoms with Gasteiger partial charge in [0, 0.05) is 42.8 Å². The summed E-state index contributed by atoms with van der Waals surface area (Å²) >= 11 is 0. The highest BCUT2D eigenvalue weighted by atomic mass is 19.1. The van der Waals surface area contributed by atoms with Crippen LogP contribution in [-0.2, 0) is 13.6 Å². The number of hydrogen-bond acceptors (Lipinski definition) is 8. The first-order chi connectivity index (χ1) is 16.4. The van der Waals surface area contributed by atoms with Gasteiger partial charge in [-0.1, -0.05) is 6.07 Å². The van der Waals surface area contributed by atoms with Crippen molar-refractivity contribution < 1.29 is 4.39 Å². The third kappa shape index (κ3) is 3.87. The van der Waals surface area contributed by atoms with Crippen molar-refractivity contribution in [2.24, 2.45) is 7.05 Å². The lowest BCUT2D eigenvalue weighted by atomic mass is 10.1. The lowest BCUT2D eigenvalue weighted by molar-refractivity contribution is 0.590. The number of anilines is 1. The highest BCUT2D eigenvalue weighted by Gasteiger charge is 2.15. The van der Waals surface area contributed by atoms with Gasteiger partial charge in [-0.25, -0.2) is 9.07 Å². The first-order valence-corrected chi connectivity index (χ1v) is 10.5. The molecule has 0 aromatic carbocycles. The summed E-state index contributed by atoms with van der Waals surface area (Å²) in [6, 6.07) is 7.56. The lowest BCUT2D eigenvalue weighted by Crippen LogP contribution is -2.22. The Morgan fingerprint density at radius 2 is 1.85 bits per heavy atom. The van der Waals surface area contributed by atoms with E-state index < -0.39 is 11.4 Å². The monoisotopic (exact) mass is 457 g/mol. The number of halogens is 1. The molecule has 0 aliphatic heterocycles. The molecule has 5 aromatic heterocycles. The fourth-order valence-corrected chi connectivity index (χ4v) is 3.72. The van der Waals surface area contributed by atoms with E-state index in [-0.39, 0.29) is 5.56 Å². The first kappa shape index (κ1) is 21.3. The van der Waals surface area contributed by atoms with Gasteiger partial charge in [-0.2, -0.15) is 14.7 Å². The molecule has 0 fully saturated rings. The molecule has 11 heteroatoms. The Bertz CT molecular complexity index is 1590. The molecule has 10 nitrogen and oxygen atoms in total. The summed E-state index contributed by atoms with van der Waals surface area (Å²) in [6.07, 6.45) is 5.98. The summed E-state index contributed by atoms with van der Waals surface area (Å²) in [4.78, 5) is 21.2. The number of fused-ring (bicyclic) bond motifs is 1. The smallest absolute Gasteiger partial charge is 0.277 e. The Kier molecular flexibility index (Phi) is 5.28. The van der Waals surface area contributed by atoms with Gasteiger partial charge >= 0.3 is 0 Å². The minimum absolute atomic E-state index is 0.115. The Hall–Kier alpha value is -4.54. The van der Waals surface area contributed by atoms with Crippen LogP contribution >= 0.6 is 0 Å². The molecule has 0 bridgehead atoms. The number of aryl methyl sites for hydroxylation is 3. The molecule has 0 amide bonds. The predicted octanol–water partition coefficient (Wildman–Crippen LogP) is 2.71. The molecule has 0 saturated heterocycles. The molecule has 0 spiro atoms. The summed E-state index contributed by atoms with van der Waals surface area (Å²) in [6.45, 7) is 4.41. The van der Waals surface area contributed by atoms with Crippen LogP contribution in [0.1, 0.15) is 16.8 Å². The fraction of sp³-hybridized carbons (Fsp3) is 0.174. The van der Waals surface area contributed by atoms with E-state index in [1.54, 1.807) is 12.3 Å². The van der Waals surface area contributed by atoms with Crippen molar-refractivity contribution in [3.8, 4) is 22.4 Å². The van der Waals surface area contributed by atoms with Gasteiger partial charge in [0.25, 0.3) is 5.56 Å². The molecule has 170 valence electrons. The van der Waals surface area contributed by atoms with Gasteiger partial charge in [-0.3, -0.25) is 14.8 Å². The number of nitrogens with zero attached hydrogens (tertiary/aromatic N) is 8. The van der Waals surface area contributed by atoms with Crippen molar-refractivity contribution in [1.29, 1.82) is 0 Å². The summed E-state index contributed by atoms with van der Waals surface area (Å²) in [5.74, 6) is -0.309. The zero-order chi connectivity index (χ0) is 23.8. The first-order valence-electron chi connectivity index (χ1n) is 10.5. The van der Waals surface area contributed by atoms with Gasteiger partial charge in [-0.15, -0.1) is 10.2 Å². The predicted molar refractivity (Wildman–Crippen MR) is 123 cm³/mol. The Morgan fingerprint density at radius 1 is 1.00 bits per heavy atom. The van der Waals surface area contributed by atoms with Crippen LogP contribution in [-0.4, -0.2) is 39.6 Å². The molecule has 0 unspecified atom stereocenters. The van der Waals surface area contributed by atoms with Crippen LogP contribution in [0.25, 0.3) is 28.0 Å². The Balaban J connectivity index is 1.38. The van der Waals surface area contributed by atoms with Crippen LogP contribution < -0.4 is 10.9 Å². The third-order valence-electron chi connectivity index (χ3n) is 5.40. The van der Waals surface area contributed by atoms with Crippen molar-refractivity contribution >= 4 is 11.6 Å². The van der Waals surface area contributed by atoms with Crippen molar-refractivity contribution in [3.63, 3.8) is 0 Å². The topological polar surface area (TPSA) is 116 Å². The molecular formula is C23H20FN9O. The van der Waals surface area contributed by atoms with Crippen molar-refractivity contribution in [3.05, 3.63) is 82.0 Å². The number of aromatic nitrogens is 8. The van der Waals surface area contributed by atoms with E-state index >= 15 is 0 Å². The normalized spacial score (nSPS) is 11.2. The van der Waals surface area contributed by atoms with Crippen LogP contribution in [0.4, 0.5) is 10.3 Å². The molecule has 0 radical (unpaired) electrons. The van der Waals surface area contributed by atoms with Crippen LogP contribution in [0.3, 0.4) is 0 Å². The zero-order valence-electron chi connectivity index (χ0n) is 18.7. The summed E-state index contributed by atoms with van der Waals surface area (Å²) < 4.78 is 16.8. The largest absolute Gasteiger partial charge is 0.349 e. The summed E-state index contributed by atoms with van der Waals surface area (Å²) in [5.41, 5.74) is 4.87. The minimum atomic E-state index is -0.722. The molecule has 1 N–H and O–H groups in total. The van der Waals surface area contributed by atoms with Crippen LogP contribution in [0, 0.1) is 19.7 Å². The highest BCUT2D eigenvalue weighted by molar-refractivity contribution is 5.66. The van der Waals surface area contributed by atoms with E-state index in [1.165, 1.54) is 17.8 Å². The quantitative estimate of drug-likeness (QED) is 0.428. The van der Waals surface area contributed by atoms with E-state index in [1.807, 2.05) is 32.2 Å². The van der Waals surface area contributed by atoms with Gasteiger partial charge in [0.2, 0.25) is 5.95 Å². The maximum atomic E-state index is 14.3. The second-order valence-corrected chi connectivity index (χ2v) is 7.88. The van der Waals surface area contributed by atoms with Crippen LogP contribution in [0.2, 0.25) is 0 Å². The van der Waals surface area contributed by atoms with E-state index in [4.69, 9.17) is 0 Å². The molecule has 0 saturated carbocycles. The van der Waals surface area contributed by atoms with Gasteiger partial charge in [0.15, 0.2) is 11.5 Å². The lowest BCUT2D eigenvalue weighted by Gasteiger charge is -2.09. The molecule has 0 aliphatic rings. The molecule has 5 heterocycles. The number of nitrogens with one attached hydrogen (secondary N) is 1. The van der Waals surface area contributed by atoms with Crippen LogP contribution in [0.5, 0.6) is 0 Å². The summed E-state index contributed by atoms with van der Waals surface area (Å²) in [5, 5.41) is 19.4. The number of hydrogen-bond donors (Lipinski definition) is 1. The van der Waals surface area contributed by atoms with Crippen molar-refractivity contribution in [1.82, 2.24) is 39.6 Å². The van der Waals surface area contributed by atoms with Gasteiger partial charge in [0.1, 0.15) is 0 Å². The number of rotatable bonds is 5. The average molecular weight is 457 g/mol. The Morgan fingerprint density at radius 3 is 2.65 bits per heavy atom. The third-order valence-corrected chi connectivity index (χ3v) is 5.40. The SMILES string of the molecule is Cc1cc(-c2ncc(CNc3nnc4cc(-c5c(F)cnn(C)c5=O)cnn34)cc2C)ccn1. The highest BCUT2D eigenvalue weighted by Crippen LogP contribution is 2.23. The molecule has 0 atom stereocenters. The van der Waals surface area contributed by atoms with Crippen LogP contribution in [0.15, 0.2) is 53.8 Å². The van der Waals surface area contributed by atoms with E-state index in [0.717, 1.165) is 39.0 Å². The van der Waals surface area contributed by atoms with E-state index in [0.29, 0.717) is 23.7 Å². The second kappa shape index (κ2) is 8.43. The molecule has 5 rings (SSSR count). The number of pyridine rings is 2. The fourth-order valence-electron chi connectivity index (χ4n) is 3.72. The van der Waals surface area contributed by atoms with Gasteiger partial charge < -0.3 is 5.32 Å². The standard InChI is InChI=1S/C23H20FN9O/c1-13-6-15(9-26-21(13)16-4-5-25-14(2)7-16)10-27-23-31-30-19-8-17(11-29-33(19)23)20-18(24)12-28-32(3)22(20)34/h4-9,11-12H,10H2,1-3H3,(H,27,31). The molecule has 5 aromatic rings. The maximum Gasteiger partial charge on any atom is 0.277 e. The summed E-state index contributed by atoms with van der Waals surface area (Å²) in [7, 11) is 1.46. The molecule has 34 heavy (non-hydrogen) atoms. The van der Waals surface area contributed by atoms with E-state index in [2.05, 4.69) is 41.7 Å². The van der Waals surface area contributed by atoms with Crippen molar-refractivity contribution in [2.75, 3.05) is 5.32 Å². The van der Waals surface area contributed by atoms with Crippen molar-refractivity contribution in [2.45, 2.75) is 20.4 Å². The maximum absolute atomic E-state index is 14.3. The second-order valence-electron chi connectivity index (χ2n) is 7.88. The Labute approximate surface area is 193 Å². The zero-order valence-corrected chi connectivity index (χ0v) is 18.7.